The minimum Gasteiger partial charge on any atom is -0.462 e. The van der Waals surface area contributed by atoms with Crippen LogP contribution in [0.1, 0.15) is 30.5 Å². The molecule has 1 aromatic heterocycles. The first-order valence-electron chi connectivity index (χ1n) is 9.05. The number of hydrogen-bond donors (Lipinski definition) is 2. The van der Waals surface area contributed by atoms with Gasteiger partial charge in [0.15, 0.2) is 0 Å². The Kier molecular flexibility index (Phi) is 4.53. The van der Waals surface area contributed by atoms with E-state index in [9.17, 15) is 9.59 Å². The van der Waals surface area contributed by atoms with Crippen LogP contribution < -0.4 is 5.73 Å². The Labute approximate surface area is 156 Å². The second-order valence-corrected chi connectivity index (χ2v) is 7.63. The number of halogens is 1. The summed E-state index contributed by atoms with van der Waals surface area (Å²) in [5.74, 6) is -0.502. The molecule has 2 amide bonds. The van der Waals surface area contributed by atoms with Crippen molar-refractivity contribution in [2.24, 2.45) is 11.7 Å². The average molecular weight is 376 g/mol. The van der Waals surface area contributed by atoms with Crippen molar-refractivity contribution in [2.45, 2.75) is 38.2 Å². The fraction of sp³-hybridized carbons (Fsp3) is 0.474. The molecule has 0 saturated carbocycles. The number of urea groups is 1. The molecule has 2 heterocycles. The molecule has 7 heteroatoms. The third-order valence-electron chi connectivity index (χ3n) is 5.45. The van der Waals surface area contributed by atoms with E-state index in [2.05, 4.69) is 4.98 Å². The highest BCUT2D eigenvalue weighted by atomic mass is 35.5. The van der Waals surface area contributed by atoms with E-state index < -0.39 is 6.03 Å². The number of aromatic nitrogens is 1. The molecule has 0 bridgehead atoms. The van der Waals surface area contributed by atoms with Crippen molar-refractivity contribution in [3.63, 3.8) is 0 Å². The van der Waals surface area contributed by atoms with Crippen LogP contribution in [-0.4, -0.2) is 41.1 Å². The summed E-state index contributed by atoms with van der Waals surface area (Å²) in [5.41, 5.74) is 8.80. The van der Waals surface area contributed by atoms with Gasteiger partial charge in [0.05, 0.1) is 5.92 Å². The molecule has 1 aromatic carbocycles. The van der Waals surface area contributed by atoms with Crippen LogP contribution >= 0.6 is 11.6 Å². The summed E-state index contributed by atoms with van der Waals surface area (Å²) >= 11 is 6.14. The Balaban J connectivity index is 1.45. The molecule has 1 saturated heterocycles. The maximum absolute atomic E-state index is 12.6. The molecule has 2 unspecified atom stereocenters. The number of aromatic amines is 1. The number of nitrogens with one attached hydrogen (secondary N) is 1. The van der Waals surface area contributed by atoms with E-state index in [-0.39, 0.29) is 18.0 Å². The number of amides is 2. The minimum atomic E-state index is -0.472. The number of aryl methyl sites for hydroxylation is 1. The zero-order chi connectivity index (χ0) is 18.3. The van der Waals surface area contributed by atoms with Gasteiger partial charge in [0.25, 0.3) is 0 Å². The Morgan fingerprint density at radius 2 is 2.15 bits per heavy atom. The largest absolute Gasteiger partial charge is 0.462 e. The van der Waals surface area contributed by atoms with Gasteiger partial charge < -0.3 is 20.4 Å². The number of ether oxygens (including phenoxy) is 1. The monoisotopic (exact) mass is 375 g/mol. The number of primary amides is 1. The number of H-pyrrole nitrogens is 1. The van der Waals surface area contributed by atoms with E-state index in [1.165, 1.54) is 16.2 Å². The molecule has 3 N–H and O–H groups in total. The Bertz CT molecular complexity index is 863. The van der Waals surface area contributed by atoms with Gasteiger partial charge in [0.2, 0.25) is 0 Å². The number of esters is 1. The van der Waals surface area contributed by atoms with Crippen LogP contribution in [0.5, 0.6) is 0 Å². The third kappa shape index (κ3) is 3.26. The maximum Gasteiger partial charge on any atom is 0.314 e. The predicted molar refractivity (Wildman–Crippen MR) is 99.1 cm³/mol. The number of nitrogens with zero attached hydrogens (tertiary/aromatic N) is 1. The van der Waals surface area contributed by atoms with Gasteiger partial charge in [-0.05, 0) is 49.4 Å². The van der Waals surface area contributed by atoms with Crippen LogP contribution in [0, 0.1) is 5.92 Å². The maximum atomic E-state index is 12.6. The van der Waals surface area contributed by atoms with E-state index >= 15 is 0 Å². The lowest BCUT2D eigenvalue weighted by Crippen LogP contribution is -2.45. The molecule has 4 rings (SSSR count). The Morgan fingerprint density at radius 3 is 2.96 bits per heavy atom. The van der Waals surface area contributed by atoms with Gasteiger partial charge >= 0.3 is 12.0 Å². The van der Waals surface area contributed by atoms with Crippen LogP contribution in [0.3, 0.4) is 0 Å². The van der Waals surface area contributed by atoms with Crippen LogP contribution in [0.4, 0.5) is 4.79 Å². The first-order chi connectivity index (χ1) is 12.5. The van der Waals surface area contributed by atoms with Gasteiger partial charge in [0, 0.05) is 41.1 Å². The number of carbonyl (C=O) groups excluding carboxylic acids is 2. The summed E-state index contributed by atoms with van der Waals surface area (Å²) in [4.78, 5) is 28.9. The van der Waals surface area contributed by atoms with Crippen molar-refractivity contribution in [2.75, 3.05) is 13.1 Å². The van der Waals surface area contributed by atoms with Gasteiger partial charge in [0.1, 0.15) is 6.10 Å². The van der Waals surface area contributed by atoms with Crippen molar-refractivity contribution in [1.82, 2.24) is 9.88 Å². The molecular weight excluding hydrogens is 354 g/mol. The van der Waals surface area contributed by atoms with Gasteiger partial charge in [-0.15, -0.1) is 0 Å². The Hall–Kier alpha value is -2.21. The molecule has 2 aliphatic rings. The highest BCUT2D eigenvalue weighted by Gasteiger charge is 2.32. The molecule has 0 spiro atoms. The molecule has 6 nitrogen and oxygen atoms in total. The second kappa shape index (κ2) is 6.83. The van der Waals surface area contributed by atoms with Gasteiger partial charge in [-0.3, -0.25) is 4.79 Å². The summed E-state index contributed by atoms with van der Waals surface area (Å²) in [6.45, 7) is 0.969. The van der Waals surface area contributed by atoms with Crippen molar-refractivity contribution >= 4 is 34.5 Å². The molecule has 2 atom stereocenters. The average Bonchev–Trinajstić information content (AvgIpc) is 2.99. The normalized spacial score (nSPS) is 22.9. The highest BCUT2D eigenvalue weighted by Crippen LogP contribution is 2.32. The molecular formula is C19H22ClN3O3. The van der Waals surface area contributed by atoms with E-state index in [1.54, 1.807) is 0 Å². The van der Waals surface area contributed by atoms with Gasteiger partial charge in [-0.25, -0.2) is 4.79 Å². The molecule has 138 valence electrons. The fourth-order valence-electron chi connectivity index (χ4n) is 4.09. The number of fused-ring (bicyclic) bond motifs is 3. The zero-order valence-electron chi connectivity index (χ0n) is 14.5. The first-order valence-corrected chi connectivity index (χ1v) is 9.43. The topological polar surface area (TPSA) is 88.4 Å². The fourth-order valence-corrected chi connectivity index (χ4v) is 4.26. The standard InChI is InChI=1S/C19H22ClN3O3/c20-12-3-5-16-14(8-12)15-9-13(4-6-17(15)22-16)26-18(24)11-2-1-7-23(10-11)19(21)25/h3,5,8,11,13,22H,1-2,4,6-7,9-10H2,(H2,21,25). The SMILES string of the molecule is NC(=O)N1CCCC(C(=O)OC2CCc3[nH]c4ccc(Cl)cc4c3C2)C1. The van der Waals surface area contributed by atoms with E-state index in [4.69, 9.17) is 22.1 Å². The molecule has 1 fully saturated rings. The molecule has 1 aliphatic carbocycles. The quantitative estimate of drug-likeness (QED) is 0.791. The summed E-state index contributed by atoms with van der Waals surface area (Å²) in [5, 5.41) is 1.80. The summed E-state index contributed by atoms with van der Waals surface area (Å²) in [7, 11) is 0. The number of hydrogen-bond acceptors (Lipinski definition) is 3. The van der Waals surface area contributed by atoms with E-state index in [0.717, 1.165) is 36.6 Å². The second-order valence-electron chi connectivity index (χ2n) is 7.20. The van der Waals surface area contributed by atoms with Crippen LogP contribution in [-0.2, 0) is 22.4 Å². The number of carbonyl (C=O) groups is 2. The van der Waals surface area contributed by atoms with Crippen LogP contribution in [0.2, 0.25) is 5.02 Å². The minimum absolute atomic E-state index is 0.142. The number of benzene rings is 1. The first kappa shape index (κ1) is 17.2. The highest BCUT2D eigenvalue weighted by molar-refractivity contribution is 6.31. The number of nitrogens with two attached hydrogens (primary N) is 1. The summed E-state index contributed by atoms with van der Waals surface area (Å²) < 4.78 is 5.80. The van der Waals surface area contributed by atoms with Crippen molar-refractivity contribution in [3.8, 4) is 0 Å². The smallest absolute Gasteiger partial charge is 0.314 e. The predicted octanol–water partition coefficient (Wildman–Crippen LogP) is 3.01. The summed E-state index contributed by atoms with van der Waals surface area (Å²) in [6, 6.07) is 5.34. The van der Waals surface area contributed by atoms with Crippen LogP contribution in [0.15, 0.2) is 18.2 Å². The Morgan fingerprint density at radius 1 is 1.31 bits per heavy atom. The summed E-state index contributed by atoms with van der Waals surface area (Å²) in [6.07, 6.45) is 3.70. The molecule has 26 heavy (non-hydrogen) atoms. The molecule has 1 aliphatic heterocycles. The molecule has 2 aromatic rings. The number of rotatable bonds is 2. The third-order valence-corrected chi connectivity index (χ3v) is 5.69. The lowest BCUT2D eigenvalue weighted by atomic mass is 9.92. The van der Waals surface area contributed by atoms with E-state index in [0.29, 0.717) is 24.5 Å². The lowest BCUT2D eigenvalue weighted by Gasteiger charge is -2.31. The van der Waals surface area contributed by atoms with Crippen molar-refractivity contribution in [1.29, 1.82) is 0 Å². The van der Waals surface area contributed by atoms with Crippen LogP contribution in [0.25, 0.3) is 10.9 Å². The molecule has 0 radical (unpaired) electrons. The number of piperidine rings is 1. The van der Waals surface area contributed by atoms with Gasteiger partial charge in [-0.2, -0.15) is 0 Å². The van der Waals surface area contributed by atoms with Gasteiger partial charge in [-0.1, -0.05) is 11.6 Å². The number of likely N-dealkylation sites (tertiary alicyclic amines) is 1. The lowest BCUT2D eigenvalue weighted by molar-refractivity contribution is -0.156. The van der Waals surface area contributed by atoms with E-state index in [1.807, 2.05) is 18.2 Å². The zero-order valence-corrected chi connectivity index (χ0v) is 15.2. The van der Waals surface area contributed by atoms with Crippen molar-refractivity contribution < 1.29 is 14.3 Å². The van der Waals surface area contributed by atoms with Crippen molar-refractivity contribution in [3.05, 3.63) is 34.5 Å².